The molecule has 1 heterocycles. The lowest BCUT2D eigenvalue weighted by Crippen LogP contribution is -1.97. The molecule has 0 aliphatic rings. The number of H-pyrrole nitrogens is 1. The summed E-state index contributed by atoms with van der Waals surface area (Å²) in [7, 11) is 0. The summed E-state index contributed by atoms with van der Waals surface area (Å²) < 4.78 is 0. The molecule has 1 aromatic rings. The van der Waals surface area contributed by atoms with E-state index < -0.39 is 10.5 Å². The second kappa shape index (κ2) is 3.07. The van der Waals surface area contributed by atoms with Gasteiger partial charge in [0.15, 0.2) is 0 Å². The van der Waals surface area contributed by atoms with Gasteiger partial charge >= 0.3 is 0 Å². The smallest absolute Gasteiger partial charge is 0.269 e. The lowest BCUT2D eigenvalue weighted by molar-refractivity contribution is 0.104. The molecule has 58 valence electrons. The Balaban J connectivity index is 3.16. The van der Waals surface area contributed by atoms with Gasteiger partial charge < -0.3 is 4.98 Å². The molecule has 0 spiro atoms. The molecular formula is C6H3Cl2NO2. The highest BCUT2D eigenvalue weighted by Gasteiger charge is 2.14. The van der Waals surface area contributed by atoms with Crippen molar-refractivity contribution in [3.05, 3.63) is 23.5 Å². The molecule has 1 aromatic heterocycles. The zero-order chi connectivity index (χ0) is 8.43. The maximum absolute atomic E-state index is 10.6. The van der Waals surface area contributed by atoms with Crippen molar-refractivity contribution in [3.8, 4) is 0 Å². The van der Waals surface area contributed by atoms with Crippen LogP contribution in [0.2, 0.25) is 0 Å². The second-order valence-electron chi connectivity index (χ2n) is 1.81. The third kappa shape index (κ3) is 1.61. The summed E-state index contributed by atoms with van der Waals surface area (Å²) in [5, 5.41) is -1.42. The molecule has 11 heavy (non-hydrogen) atoms. The average Bonchev–Trinajstić information content (AvgIpc) is 2.32. The summed E-state index contributed by atoms with van der Waals surface area (Å²) in [6.45, 7) is 0. The van der Waals surface area contributed by atoms with Crippen molar-refractivity contribution in [2.45, 2.75) is 0 Å². The molecule has 0 aromatic carbocycles. The molecule has 0 bridgehead atoms. The molecule has 3 nitrogen and oxygen atoms in total. The number of nitrogens with one attached hydrogen (secondary N) is 1. The lowest BCUT2D eigenvalue weighted by Gasteiger charge is -1.89. The predicted molar refractivity (Wildman–Crippen MR) is 41.2 cm³/mol. The predicted octanol–water partition coefficient (Wildman–Crippen LogP) is 1.77. The van der Waals surface area contributed by atoms with E-state index >= 15 is 0 Å². The van der Waals surface area contributed by atoms with Gasteiger partial charge in [-0.3, -0.25) is 9.59 Å². The van der Waals surface area contributed by atoms with Crippen LogP contribution in [0.3, 0.4) is 0 Å². The lowest BCUT2D eigenvalue weighted by atomic mass is 10.3. The summed E-state index contributed by atoms with van der Waals surface area (Å²) in [6.07, 6.45) is 1.42. The SMILES string of the molecule is O=C(Cl)c1cc[nH]c1C(=O)Cl. The van der Waals surface area contributed by atoms with Gasteiger partial charge in [-0.05, 0) is 29.3 Å². The number of halogens is 2. The molecule has 0 aliphatic carbocycles. The van der Waals surface area contributed by atoms with E-state index in [1.807, 2.05) is 0 Å². The third-order valence-electron chi connectivity index (χ3n) is 1.16. The fourth-order valence-electron chi connectivity index (χ4n) is 0.696. The fourth-order valence-corrected chi connectivity index (χ4v) is 1.01. The van der Waals surface area contributed by atoms with Crippen LogP contribution in [-0.4, -0.2) is 15.5 Å². The normalized spacial score (nSPS) is 9.64. The van der Waals surface area contributed by atoms with E-state index in [4.69, 9.17) is 23.2 Å². The Morgan fingerprint density at radius 3 is 2.27 bits per heavy atom. The minimum Gasteiger partial charge on any atom is -0.357 e. The van der Waals surface area contributed by atoms with Crippen LogP contribution in [0.5, 0.6) is 0 Å². The molecular weight excluding hydrogens is 189 g/mol. The molecule has 0 unspecified atom stereocenters. The van der Waals surface area contributed by atoms with Gasteiger partial charge in [0.1, 0.15) is 5.69 Å². The second-order valence-corrected chi connectivity index (χ2v) is 2.50. The topological polar surface area (TPSA) is 49.9 Å². The van der Waals surface area contributed by atoms with Crippen molar-refractivity contribution in [1.82, 2.24) is 4.98 Å². The molecule has 0 amide bonds. The molecule has 0 aliphatic heterocycles. The van der Waals surface area contributed by atoms with Gasteiger partial charge in [-0.2, -0.15) is 0 Å². The Labute approximate surface area is 72.3 Å². The van der Waals surface area contributed by atoms with E-state index in [0.29, 0.717) is 0 Å². The number of carbonyl (C=O) groups excluding carboxylic acids is 2. The van der Waals surface area contributed by atoms with Crippen molar-refractivity contribution in [2.75, 3.05) is 0 Å². The van der Waals surface area contributed by atoms with Crippen LogP contribution in [0, 0.1) is 0 Å². The van der Waals surface area contributed by atoms with Gasteiger partial charge in [-0.15, -0.1) is 0 Å². The summed E-state index contributed by atoms with van der Waals surface area (Å²) >= 11 is 10.2. The highest BCUT2D eigenvalue weighted by molar-refractivity contribution is 6.71. The first-order valence-electron chi connectivity index (χ1n) is 2.70. The van der Waals surface area contributed by atoms with Crippen LogP contribution in [0.15, 0.2) is 12.3 Å². The summed E-state index contributed by atoms with van der Waals surface area (Å²) in [5.41, 5.74) is 0.137. The van der Waals surface area contributed by atoms with E-state index in [-0.39, 0.29) is 11.3 Å². The zero-order valence-electron chi connectivity index (χ0n) is 5.23. The highest BCUT2D eigenvalue weighted by atomic mass is 35.5. The molecule has 0 radical (unpaired) electrons. The summed E-state index contributed by atoms with van der Waals surface area (Å²) in [5.74, 6) is 0. The highest BCUT2D eigenvalue weighted by Crippen LogP contribution is 2.11. The average molecular weight is 192 g/mol. The Bertz CT molecular complexity index is 277. The van der Waals surface area contributed by atoms with Crippen molar-refractivity contribution >= 4 is 33.7 Å². The number of carbonyl (C=O) groups is 2. The first kappa shape index (κ1) is 8.30. The first-order chi connectivity index (χ1) is 5.13. The van der Waals surface area contributed by atoms with Crippen LogP contribution in [0.4, 0.5) is 0 Å². The molecule has 0 atom stereocenters. The number of hydrogen-bond donors (Lipinski definition) is 1. The maximum atomic E-state index is 10.6. The third-order valence-corrected chi connectivity index (χ3v) is 1.55. The molecule has 1 N–H and O–H groups in total. The van der Waals surface area contributed by atoms with Gasteiger partial charge in [0.2, 0.25) is 0 Å². The van der Waals surface area contributed by atoms with Crippen molar-refractivity contribution < 1.29 is 9.59 Å². The standard InChI is InChI=1S/C6H3Cl2NO2/c7-5(10)3-1-2-9-4(3)6(8)11/h1-2,9H. The minimum atomic E-state index is -0.723. The van der Waals surface area contributed by atoms with Gasteiger partial charge in [0.25, 0.3) is 10.5 Å². The summed E-state index contributed by atoms with van der Waals surface area (Å²) in [4.78, 5) is 23.6. The number of rotatable bonds is 2. The monoisotopic (exact) mass is 191 g/mol. The van der Waals surface area contributed by atoms with Crippen LogP contribution in [-0.2, 0) is 0 Å². The van der Waals surface area contributed by atoms with Crippen molar-refractivity contribution in [2.24, 2.45) is 0 Å². The van der Waals surface area contributed by atoms with Crippen LogP contribution in [0.25, 0.3) is 0 Å². The first-order valence-corrected chi connectivity index (χ1v) is 3.45. The quantitative estimate of drug-likeness (QED) is 0.725. The molecule has 0 fully saturated rings. The van der Waals surface area contributed by atoms with Crippen LogP contribution < -0.4 is 0 Å². The van der Waals surface area contributed by atoms with E-state index in [1.54, 1.807) is 0 Å². The van der Waals surface area contributed by atoms with Crippen LogP contribution in [0.1, 0.15) is 20.8 Å². The molecule has 1 rings (SSSR count). The molecule has 0 saturated heterocycles. The van der Waals surface area contributed by atoms with Crippen molar-refractivity contribution in [3.63, 3.8) is 0 Å². The largest absolute Gasteiger partial charge is 0.357 e. The van der Waals surface area contributed by atoms with Gasteiger partial charge in [0, 0.05) is 6.20 Å². The van der Waals surface area contributed by atoms with E-state index in [2.05, 4.69) is 4.98 Å². The van der Waals surface area contributed by atoms with E-state index in [9.17, 15) is 9.59 Å². The fraction of sp³-hybridized carbons (Fsp3) is 0. The van der Waals surface area contributed by atoms with Gasteiger partial charge in [-0.1, -0.05) is 0 Å². The van der Waals surface area contributed by atoms with E-state index in [1.165, 1.54) is 12.3 Å². The van der Waals surface area contributed by atoms with Gasteiger partial charge in [-0.25, -0.2) is 0 Å². The Morgan fingerprint density at radius 1 is 1.27 bits per heavy atom. The van der Waals surface area contributed by atoms with Crippen molar-refractivity contribution in [1.29, 1.82) is 0 Å². The van der Waals surface area contributed by atoms with E-state index in [0.717, 1.165) is 0 Å². The molecule has 0 saturated carbocycles. The number of aromatic nitrogens is 1. The Kier molecular flexibility index (Phi) is 2.31. The number of aromatic amines is 1. The zero-order valence-corrected chi connectivity index (χ0v) is 6.74. The molecule has 5 heteroatoms. The minimum absolute atomic E-state index is 0.0340. The van der Waals surface area contributed by atoms with Crippen LogP contribution >= 0.6 is 23.2 Å². The number of hydrogen-bond acceptors (Lipinski definition) is 2. The summed E-state index contributed by atoms with van der Waals surface area (Å²) in [6, 6.07) is 1.39. The Morgan fingerprint density at radius 2 is 1.91 bits per heavy atom. The van der Waals surface area contributed by atoms with Gasteiger partial charge in [0.05, 0.1) is 5.56 Å². The Hall–Kier alpha value is -0.800. The maximum Gasteiger partial charge on any atom is 0.269 e.